The van der Waals surface area contributed by atoms with E-state index in [1.54, 1.807) is 0 Å². The lowest BCUT2D eigenvalue weighted by Crippen LogP contribution is -2.47. The minimum absolute atomic E-state index is 0. The summed E-state index contributed by atoms with van der Waals surface area (Å²) in [5, 5.41) is 8.86. The van der Waals surface area contributed by atoms with Crippen LogP contribution in [0.3, 0.4) is 0 Å². The highest BCUT2D eigenvalue weighted by Gasteiger charge is 2.20. The maximum absolute atomic E-state index is 11.8. The van der Waals surface area contributed by atoms with Crippen molar-refractivity contribution in [3.63, 3.8) is 0 Å². The molecule has 0 bridgehead atoms. The van der Waals surface area contributed by atoms with Gasteiger partial charge in [0.25, 0.3) is 0 Å². The normalized spacial score (nSPS) is 19.2. The van der Waals surface area contributed by atoms with Crippen molar-refractivity contribution in [1.29, 1.82) is 0 Å². The van der Waals surface area contributed by atoms with Crippen molar-refractivity contribution in [1.82, 2.24) is 16.0 Å². The summed E-state index contributed by atoms with van der Waals surface area (Å²) >= 11 is 0. The molecule has 19 heavy (non-hydrogen) atoms. The topological polar surface area (TPSA) is 70.2 Å². The van der Waals surface area contributed by atoms with Crippen LogP contribution in [-0.4, -0.2) is 36.5 Å². The number of nitrogens with one attached hydrogen (secondary N) is 3. The molecule has 1 heterocycles. The van der Waals surface area contributed by atoms with E-state index in [1.165, 1.54) is 0 Å². The fraction of sp³-hybridized carbons (Fsp3) is 0.846. The molecule has 1 fully saturated rings. The second-order valence-electron chi connectivity index (χ2n) is 5.84. The highest BCUT2D eigenvalue weighted by molar-refractivity contribution is 5.85. The molecule has 1 atom stereocenters. The van der Waals surface area contributed by atoms with Gasteiger partial charge >= 0.3 is 0 Å². The number of carbonyl (C=O) groups excluding carboxylic acids is 2. The Bertz CT molecular complexity index is 297. The molecule has 0 aliphatic carbocycles. The van der Waals surface area contributed by atoms with E-state index < -0.39 is 0 Å². The predicted molar refractivity (Wildman–Crippen MR) is 78.4 cm³/mol. The van der Waals surface area contributed by atoms with Crippen molar-refractivity contribution < 1.29 is 9.59 Å². The molecule has 112 valence electrons. The van der Waals surface area contributed by atoms with Crippen molar-refractivity contribution >= 4 is 24.2 Å². The Morgan fingerprint density at radius 3 is 2.47 bits per heavy atom. The molecule has 1 aliphatic heterocycles. The number of carbonyl (C=O) groups is 2. The number of halogens is 1. The van der Waals surface area contributed by atoms with Crippen molar-refractivity contribution in [2.45, 2.75) is 58.0 Å². The number of piperidine rings is 1. The average Bonchev–Trinajstić information content (AvgIpc) is 2.27. The standard InChI is InChI=1S/C13H25N3O2.ClH/c1-13(2,3)16-11(17)7-9-15-12(18)10-6-4-5-8-14-10;/h10,14H,4-9H2,1-3H3,(H,15,18)(H,16,17);1H/t10-;/m1./s1. The minimum Gasteiger partial charge on any atom is -0.354 e. The van der Waals surface area contributed by atoms with Gasteiger partial charge in [0, 0.05) is 18.5 Å². The molecule has 1 rings (SSSR count). The lowest BCUT2D eigenvalue weighted by molar-refractivity contribution is -0.124. The van der Waals surface area contributed by atoms with Gasteiger partial charge in [-0.15, -0.1) is 12.4 Å². The first kappa shape index (κ1) is 18.2. The monoisotopic (exact) mass is 291 g/mol. The van der Waals surface area contributed by atoms with Gasteiger partial charge in [-0.3, -0.25) is 9.59 Å². The van der Waals surface area contributed by atoms with E-state index in [0.29, 0.717) is 13.0 Å². The molecule has 1 aliphatic rings. The number of amides is 2. The zero-order valence-electron chi connectivity index (χ0n) is 12.0. The zero-order valence-corrected chi connectivity index (χ0v) is 12.9. The third kappa shape index (κ3) is 8.06. The van der Waals surface area contributed by atoms with Gasteiger partial charge in [-0.05, 0) is 40.2 Å². The second kappa shape index (κ2) is 8.38. The molecule has 5 nitrogen and oxygen atoms in total. The van der Waals surface area contributed by atoms with Crippen LogP contribution < -0.4 is 16.0 Å². The maximum Gasteiger partial charge on any atom is 0.237 e. The molecule has 1 saturated heterocycles. The van der Waals surface area contributed by atoms with Crippen molar-refractivity contribution in [3.05, 3.63) is 0 Å². The Labute approximate surface area is 121 Å². The molecule has 0 aromatic rings. The van der Waals surface area contributed by atoms with Crippen LogP contribution in [0, 0.1) is 0 Å². The van der Waals surface area contributed by atoms with Crippen LogP contribution >= 0.6 is 12.4 Å². The third-order valence-corrected chi connectivity index (χ3v) is 2.79. The van der Waals surface area contributed by atoms with Gasteiger partial charge in [0.05, 0.1) is 6.04 Å². The van der Waals surface area contributed by atoms with Crippen LogP contribution in [0.4, 0.5) is 0 Å². The van der Waals surface area contributed by atoms with E-state index in [9.17, 15) is 9.59 Å². The van der Waals surface area contributed by atoms with E-state index in [0.717, 1.165) is 25.8 Å². The molecule has 0 saturated carbocycles. The Morgan fingerprint density at radius 1 is 1.26 bits per heavy atom. The van der Waals surface area contributed by atoms with Crippen molar-refractivity contribution in [2.75, 3.05) is 13.1 Å². The summed E-state index contributed by atoms with van der Waals surface area (Å²) in [4.78, 5) is 23.3. The molecule has 6 heteroatoms. The van der Waals surface area contributed by atoms with Gasteiger partial charge in [-0.25, -0.2) is 0 Å². The fourth-order valence-electron chi connectivity index (χ4n) is 1.98. The summed E-state index contributed by atoms with van der Waals surface area (Å²) in [6.45, 7) is 7.13. The number of hydrogen-bond acceptors (Lipinski definition) is 3. The third-order valence-electron chi connectivity index (χ3n) is 2.79. The summed E-state index contributed by atoms with van der Waals surface area (Å²) in [6.07, 6.45) is 3.45. The first-order chi connectivity index (χ1) is 8.38. The van der Waals surface area contributed by atoms with Gasteiger partial charge < -0.3 is 16.0 Å². The van der Waals surface area contributed by atoms with Gasteiger partial charge in [0.1, 0.15) is 0 Å². The minimum atomic E-state index is -0.216. The maximum atomic E-state index is 11.8. The van der Waals surface area contributed by atoms with Crippen LogP contribution in [0.1, 0.15) is 46.5 Å². The lowest BCUT2D eigenvalue weighted by Gasteiger charge is -2.23. The van der Waals surface area contributed by atoms with E-state index >= 15 is 0 Å². The quantitative estimate of drug-likeness (QED) is 0.723. The largest absolute Gasteiger partial charge is 0.354 e. The first-order valence-corrected chi connectivity index (χ1v) is 6.70. The Morgan fingerprint density at radius 2 is 1.95 bits per heavy atom. The van der Waals surface area contributed by atoms with Gasteiger partial charge in [-0.2, -0.15) is 0 Å². The summed E-state index contributed by atoms with van der Waals surface area (Å²) in [7, 11) is 0. The second-order valence-corrected chi connectivity index (χ2v) is 5.84. The molecule has 0 spiro atoms. The molecule has 0 unspecified atom stereocenters. The van der Waals surface area contributed by atoms with Crippen molar-refractivity contribution in [2.24, 2.45) is 0 Å². The average molecular weight is 292 g/mol. The summed E-state index contributed by atoms with van der Waals surface area (Å²) < 4.78 is 0. The highest BCUT2D eigenvalue weighted by Crippen LogP contribution is 2.06. The first-order valence-electron chi connectivity index (χ1n) is 6.70. The lowest BCUT2D eigenvalue weighted by atomic mass is 10.0. The summed E-state index contributed by atoms with van der Waals surface area (Å²) in [6, 6.07) is -0.0792. The molecule has 3 N–H and O–H groups in total. The van der Waals surface area contributed by atoms with Gasteiger partial charge in [0.2, 0.25) is 11.8 Å². The Hall–Kier alpha value is -0.810. The van der Waals surface area contributed by atoms with E-state index in [-0.39, 0.29) is 35.8 Å². The Kier molecular flexibility index (Phi) is 8.02. The van der Waals surface area contributed by atoms with E-state index in [4.69, 9.17) is 0 Å². The van der Waals surface area contributed by atoms with Crippen LogP contribution in [0.5, 0.6) is 0 Å². The number of rotatable bonds is 4. The number of hydrogen-bond donors (Lipinski definition) is 3. The van der Waals surface area contributed by atoms with Gasteiger partial charge in [-0.1, -0.05) is 6.42 Å². The smallest absolute Gasteiger partial charge is 0.237 e. The van der Waals surface area contributed by atoms with Crippen molar-refractivity contribution in [3.8, 4) is 0 Å². The van der Waals surface area contributed by atoms with Crippen LogP contribution in [0.15, 0.2) is 0 Å². The predicted octanol–water partition coefficient (Wildman–Crippen LogP) is 0.971. The van der Waals surface area contributed by atoms with E-state index in [2.05, 4.69) is 16.0 Å². The molecule has 0 radical (unpaired) electrons. The van der Waals surface area contributed by atoms with Crippen LogP contribution in [0.2, 0.25) is 0 Å². The molecular weight excluding hydrogens is 266 g/mol. The molecule has 0 aromatic carbocycles. The SMILES string of the molecule is CC(C)(C)NC(=O)CCNC(=O)[C@H]1CCCCN1.Cl. The van der Waals surface area contributed by atoms with Crippen LogP contribution in [0.25, 0.3) is 0 Å². The summed E-state index contributed by atoms with van der Waals surface area (Å²) in [5.41, 5.74) is -0.216. The van der Waals surface area contributed by atoms with Gasteiger partial charge in [0.15, 0.2) is 0 Å². The molecule has 0 aromatic heterocycles. The zero-order chi connectivity index (χ0) is 13.6. The highest BCUT2D eigenvalue weighted by atomic mass is 35.5. The fourth-order valence-corrected chi connectivity index (χ4v) is 1.98. The van der Waals surface area contributed by atoms with Crippen LogP contribution in [-0.2, 0) is 9.59 Å². The Balaban J connectivity index is 0.00000324. The summed E-state index contributed by atoms with van der Waals surface area (Å²) in [5.74, 6) is -0.0161. The van der Waals surface area contributed by atoms with E-state index in [1.807, 2.05) is 20.8 Å². The molecule has 2 amide bonds. The molecular formula is C13H26ClN3O2.